The molecule has 0 amide bonds. The van der Waals surface area contributed by atoms with Gasteiger partial charge in [-0.05, 0) is 13.0 Å². The van der Waals surface area contributed by atoms with E-state index in [1.165, 1.54) is 16.4 Å². The van der Waals surface area contributed by atoms with Crippen LogP contribution in [-0.4, -0.2) is 36.8 Å². The van der Waals surface area contributed by atoms with Crippen LogP contribution in [0.25, 0.3) is 0 Å². The Bertz CT molecular complexity index is 593. The zero-order chi connectivity index (χ0) is 13.5. The molecule has 0 radical (unpaired) electrons. The summed E-state index contributed by atoms with van der Waals surface area (Å²) in [4.78, 5) is 10.1. The zero-order valence-electron chi connectivity index (χ0n) is 9.74. The molecule has 98 valence electrons. The van der Waals surface area contributed by atoms with Gasteiger partial charge in [-0.15, -0.1) is 0 Å². The van der Waals surface area contributed by atoms with Crippen molar-refractivity contribution in [2.45, 2.75) is 17.9 Å². The molecule has 1 aromatic carbocycles. The summed E-state index contributed by atoms with van der Waals surface area (Å²) in [6.07, 6.45) is 0. The minimum Gasteiger partial charge on any atom is -0.325 e. The monoisotopic (exact) mass is 271 g/mol. The Morgan fingerprint density at radius 1 is 1.44 bits per heavy atom. The first-order valence-corrected chi connectivity index (χ1v) is 6.77. The molecule has 18 heavy (non-hydrogen) atoms. The molecule has 1 aliphatic heterocycles. The number of rotatable bonds is 3. The van der Waals surface area contributed by atoms with Crippen molar-refractivity contribution in [3.05, 3.63) is 33.9 Å². The number of nitrogens with two attached hydrogens (primary N) is 1. The Balaban J connectivity index is 2.40. The highest BCUT2D eigenvalue weighted by molar-refractivity contribution is 7.89. The Hall–Kier alpha value is -1.51. The molecule has 0 bridgehead atoms. The van der Waals surface area contributed by atoms with Gasteiger partial charge in [-0.2, -0.15) is 4.31 Å². The van der Waals surface area contributed by atoms with Crippen LogP contribution in [0.15, 0.2) is 23.1 Å². The summed E-state index contributed by atoms with van der Waals surface area (Å²) in [5.41, 5.74) is 5.77. The molecule has 8 heteroatoms. The van der Waals surface area contributed by atoms with Gasteiger partial charge in [0.15, 0.2) is 0 Å². The van der Waals surface area contributed by atoms with Crippen molar-refractivity contribution in [3.8, 4) is 0 Å². The quantitative estimate of drug-likeness (QED) is 0.625. The third kappa shape index (κ3) is 2.09. The van der Waals surface area contributed by atoms with Gasteiger partial charge in [0.1, 0.15) is 0 Å². The largest absolute Gasteiger partial charge is 0.325 e. The van der Waals surface area contributed by atoms with Crippen LogP contribution in [0.3, 0.4) is 0 Å². The van der Waals surface area contributed by atoms with E-state index in [-0.39, 0.29) is 29.7 Å². The topological polar surface area (TPSA) is 107 Å². The second kappa shape index (κ2) is 4.30. The maximum absolute atomic E-state index is 12.1. The van der Waals surface area contributed by atoms with E-state index in [1.54, 1.807) is 6.92 Å². The highest BCUT2D eigenvalue weighted by Crippen LogP contribution is 2.26. The molecule has 2 N–H and O–H groups in total. The molecular formula is C10H13N3O4S. The second-order valence-corrected chi connectivity index (χ2v) is 6.23. The van der Waals surface area contributed by atoms with Crippen molar-refractivity contribution in [3.63, 3.8) is 0 Å². The van der Waals surface area contributed by atoms with Gasteiger partial charge >= 0.3 is 0 Å². The molecule has 1 fully saturated rings. The minimum atomic E-state index is -3.66. The van der Waals surface area contributed by atoms with E-state index in [9.17, 15) is 18.5 Å². The second-order valence-electron chi connectivity index (χ2n) is 4.29. The first kappa shape index (κ1) is 12.9. The zero-order valence-corrected chi connectivity index (χ0v) is 10.6. The van der Waals surface area contributed by atoms with Gasteiger partial charge in [-0.1, -0.05) is 6.07 Å². The van der Waals surface area contributed by atoms with E-state index < -0.39 is 14.9 Å². The maximum atomic E-state index is 12.1. The smallest absolute Gasteiger partial charge is 0.273 e. The van der Waals surface area contributed by atoms with E-state index in [0.29, 0.717) is 5.56 Å². The Kier molecular flexibility index (Phi) is 3.09. The number of hydrogen-bond donors (Lipinski definition) is 1. The lowest BCUT2D eigenvalue weighted by molar-refractivity contribution is -0.385. The summed E-state index contributed by atoms with van der Waals surface area (Å²) in [6, 6.07) is 3.75. The minimum absolute atomic E-state index is 0.0632. The number of aryl methyl sites for hydroxylation is 1. The molecule has 7 nitrogen and oxygen atoms in total. The summed E-state index contributed by atoms with van der Waals surface area (Å²) in [7, 11) is -3.66. The van der Waals surface area contributed by atoms with Gasteiger partial charge in [-0.25, -0.2) is 8.42 Å². The number of hydrogen-bond acceptors (Lipinski definition) is 5. The van der Waals surface area contributed by atoms with Crippen molar-refractivity contribution in [1.29, 1.82) is 0 Å². The summed E-state index contributed by atoms with van der Waals surface area (Å²) < 4.78 is 25.4. The predicted octanol–water partition coefficient (Wildman–Crippen LogP) is 0.235. The van der Waals surface area contributed by atoms with Crippen LogP contribution in [0.2, 0.25) is 0 Å². The van der Waals surface area contributed by atoms with Gasteiger partial charge in [-0.3, -0.25) is 10.1 Å². The molecule has 0 atom stereocenters. The predicted molar refractivity (Wildman–Crippen MR) is 64.6 cm³/mol. The van der Waals surface area contributed by atoms with Crippen molar-refractivity contribution in [2.24, 2.45) is 5.73 Å². The van der Waals surface area contributed by atoms with Gasteiger partial charge in [0.05, 0.1) is 9.82 Å². The van der Waals surface area contributed by atoms with Crippen molar-refractivity contribution in [1.82, 2.24) is 4.31 Å². The van der Waals surface area contributed by atoms with Crippen molar-refractivity contribution in [2.75, 3.05) is 13.1 Å². The molecule has 0 saturated carbocycles. The van der Waals surface area contributed by atoms with Crippen molar-refractivity contribution >= 4 is 15.7 Å². The lowest BCUT2D eigenvalue weighted by Crippen LogP contribution is -2.57. The lowest BCUT2D eigenvalue weighted by atomic mass is 10.2. The van der Waals surface area contributed by atoms with E-state index >= 15 is 0 Å². The van der Waals surface area contributed by atoms with Crippen LogP contribution in [0, 0.1) is 17.0 Å². The highest BCUT2D eigenvalue weighted by Gasteiger charge is 2.35. The average molecular weight is 271 g/mol. The fourth-order valence-electron chi connectivity index (χ4n) is 1.76. The van der Waals surface area contributed by atoms with Gasteiger partial charge in [0.2, 0.25) is 10.0 Å². The number of nitro groups is 1. The summed E-state index contributed by atoms with van der Waals surface area (Å²) in [6.45, 7) is 2.07. The molecule has 1 heterocycles. The van der Waals surface area contributed by atoms with Gasteiger partial charge in [0.25, 0.3) is 5.69 Å². The van der Waals surface area contributed by atoms with E-state index in [2.05, 4.69) is 0 Å². The normalized spacial score (nSPS) is 17.4. The maximum Gasteiger partial charge on any atom is 0.273 e. The molecule has 0 aromatic heterocycles. The molecule has 1 aliphatic rings. The summed E-state index contributed by atoms with van der Waals surface area (Å²) >= 11 is 0. The van der Waals surface area contributed by atoms with Crippen LogP contribution in [0.5, 0.6) is 0 Å². The third-order valence-electron chi connectivity index (χ3n) is 2.89. The number of nitrogens with zero attached hydrogens (tertiary/aromatic N) is 2. The summed E-state index contributed by atoms with van der Waals surface area (Å²) in [5.74, 6) is 0. The molecule has 0 aliphatic carbocycles. The average Bonchev–Trinajstić information content (AvgIpc) is 2.24. The van der Waals surface area contributed by atoms with Crippen LogP contribution < -0.4 is 5.73 Å². The Morgan fingerprint density at radius 3 is 2.56 bits per heavy atom. The van der Waals surface area contributed by atoms with Crippen LogP contribution in [0.1, 0.15) is 5.56 Å². The molecule has 1 saturated heterocycles. The molecular weight excluding hydrogens is 258 g/mol. The van der Waals surface area contributed by atoms with Crippen LogP contribution in [0.4, 0.5) is 5.69 Å². The van der Waals surface area contributed by atoms with E-state index in [1.807, 2.05) is 0 Å². The first-order chi connectivity index (χ1) is 8.32. The molecule has 2 rings (SSSR count). The first-order valence-electron chi connectivity index (χ1n) is 5.33. The molecule has 0 spiro atoms. The standard InChI is InChI=1S/C10H13N3O4S/c1-7-2-3-9(4-10(7)13(14)15)18(16,17)12-5-8(11)6-12/h2-4,8H,5-6,11H2,1H3. The van der Waals surface area contributed by atoms with E-state index in [4.69, 9.17) is 5.73 Å². The molecule has 0 unspecified atom stereocenters. The summed E-state index contributed by atoms with van der Waals surface area (Å²) in [5, 5.41) is 10.8. The van der Waals surface area contributed by atoms with Gasteiger partial charge in [0, 0.05) is 30.8 Å². The van der Waals surface area contributed by atoms with Crippen LogP contribution in [-0.2, 0) is 10.0 Å². The number of sulfonamides is 1. The highest BCUT2D eigenvalue weighted by atomic mass is 32.2. The van der Waals surface area contributed by atoms with E-state index in [0.717, 1.165) is 6.07 Å². The lowest BCUT2D eigenvalue weighted by Gasteiger charge is -2.35. The number of nitro benzene ring substituents is 1. The fraction of sp³-hybridized carbons (Fsp3) is 0.400. The third-order valence-corrected chi connectivity index (χ3v) is 4.72. The van der Waals surface area contributed by atoms with Gasteiger partial charge < -0.3 is 5.73 Å². The van der Waals surface area contributed by atoms with Crippen LogP contribution >= 0.6 is 0 Å². The fourth-order valence-corrected chi connectivity index (χ4v) is 3.34. The Morgan fingerprint density at radius 2 is 2.06 bits per heavy atom. The number of benzene rings is 1. The Labute approximate surface area is 104 Å². The van der Waals surface area contributed by atoms with Crippen molar-refractivity contribution < 1.29 is 13.3 Å². The molecule has 1 aromatic rings. The SMILES string of the molecule is Cc1ccc(S(=O)(=O)N2CC(N)C2)cc1[N+](=O)[O-].